The highest BCUT2D eigenvalue weighted by Gasteiger charge is 2.32. The van der Waals surface area contributed by atoms with Gasteiger partial charge in [0.05, 0.1) is 17.4 Å². The fourth-order valence-electron chi connectivity index (χ4n) is 3.08. The highest BCUT2D eigenvalue weighted by Crippen LogP contribution is 2.34. The summed E-state index contributed by atoms with van der Waals surface area (Å²) in [7, 11) is 3.98. The van der Waals surface area contributed by atoms with E-state index in [0.29, 0.717) is 5.92 Å². The van der Waals surface area contributed by atoms with Crippen LogP contribution in [0.15, 0.2) is 30.6 Å². The molecule has 1 heterocycles. The lowest BCUT2D eigenvalue weighted by molar-refractivity contribution is -0.117. The van der Waals surface area contributed by atoms with Crippen molar-refractivity contribution in [3.63, 3.8) is 0 Å². The highest BCUT2D eigenvalue weighted by molar-refractivity contribution is 5.87. The van der Waals surface area contributed by atoms with Gasteiger partial charge in [0.2, 0.25) is 5.91 Å². The Morgan fingerprint density at radius 3 is 2.76 bits per heavy atom. The first-order valence-electron chi connectivity index (χ1n) is 8.98. The number of nitrogens with zero attached hydrogens (tertiary/aromatic N) is 3. The number of hydrogen-bond donors (Lipinski definition) is 1. The van der Waals surface area contributed by atoms with E-state index >= 15 is 0 Å². The zero-order valence-corrected chi connectivity index (χ0v) is 15.6. The van der Waals surface area contributed by atoms with Gasteiger partial charge in [0.1, 0.15) is 0 Å². The molecule has 25 heavy (non-hydrogen) atoms. The number of fused-ring (bicyclic) bond motifs is 1. The van der Waals surface area contributed by atoms with E-state index in [1.54, 1.807) is 6.08 Å². The van der Waals surface area contributed by atoms with Crippen LogP contribution in [0.2, 0.25) is 0 Å². The number of nitrogens with one attached hydrogen (secondary N) is 1. The van der Waals surface area contributed by atoms with Gasteiger partial charge in [-0.05, 0) is 70.0 Å². The second kappa shape index (κ2) is 7.40. The van der Waals surface area contributed by atoms with Crippen LogP contribution >= 0.6 is 0 Å². The van der Waals surface area contributed by atoms with Gasteiger partial charge in [-0.25, -0.2) is 4.98 Å². The Bertz CT molecular complexity index is 786. The van der Waals surface area contributed by atoms with Gasteiger partial charge in [-0.1, -0.05) is 6.08 Å². The molecule has 1 N–H and O–H groups in total. The summed E-state index contributed by atoms with van der Waals surface area (Å²) in [6.07, 6.45) is 7.83. The average molecular weight is 340 g/mol. The van der Waals surface area contributed by atoms with Crippen molar-refractivity contribution in [2.45, 2.75) is 39.3 Å². The van der Waals surface area contributed by atoms with E-state index in [2.05, 4.69) is 40.8 Å². The third-order valence-electron chi connectivity index (χ3n) is 4.89. The van der Waals surface area contributed by atoms with Crippen molar-refractivity contribution in [2.24, 2.45) is 5.92 Å². The molecule has 1 saturated carbocycles. The first-order chi connectivity index (χ1) is 11.9. The number of benzene rings is 1. The Hall–Kier alpha value is -2.14. The third kappa shape index (κ3) is 4.48. The molecule has 0 aliphatic heterocycles. The van der Waals surface area contributed by atoms with Crippen molar-refractivity contribution in [1.82, 2.24) is 19.8 Å². The molecule has 1 amide bonds. The maximum Gasteiger partial charge on any atom is 0.243 e. The van der Waals surface area contributed by atoms with Crippen LogP contribution in [-0.2, 0) is 11.3 Å². The minimum Gasteiger partial charge on any atom is -0.348 e. The molecule has 0 bridgehead atoms. The Morgan fingerprint density at radius 2 is 2.08 bits per heavy atom. The lowest BCUT2D eigenvalue weighted by Crippen LogP contribution is -2.38. The predicted octanol–water partition coefficient (Wildman–Crippen LogP) is 2.67. The first kappa shape index (κ1) is 17.7. The average Bonchev–Trinajstić information content (AvgIpc) is 3.32. The van der Waals surface area contributed by atoms with Gasteiger partial charge in [-0.2, -0.15) is 0 Å². The van der Waals surface area contributed by atoms with Crippen molar-refractivity contribution < 1.29 is 4.79 Å². The zero-order valence-electron chi connectivity index (χ0n) is 15.6. The molecule has 1 aliphatic rings. The second-order valence-electron chi connectivity index (χ2n) is 7.44. The van der Waals surface area contributed by atoms with E-state index in [9.17, 15) is 4.79 Å². The van der Waals surface area contributed by atoms with Gasteiger partial charge in [-0.15, -0.1) is 0 Å². The van der Waals surface area contributed by atoms with E-state index in [0.717, 1.165) is 24.1 Å². The summed E-state index contributed by atoms with van der Waals surface area (Å²) < 4.78 is 2.18. The van der Waals surface area contributed by atoms with Crippen LogP contribution in [0.1, 0.15) is 24.0 Å². The summed E-state index contributed by atoms with van der Waals surface area (Å²) in [5, 5.41) is 3.19. The molecule has 5 nitrogen and oxygen atoms in total. The molecule has 0 spiro atoms. The predicted molar refractivity (Wildman–Crippen MR) is 102 cm³/mol. The number of rotatable bonds is 7. The summed E-state index contributed by atoms with van der Waals surface area (Å²) in [6.45, 7) is 5.78. The van der Waals surface area contributed by atoms with Crippen LogP contribution in [0, 0.1) is 19.8 Å². The number of likely N-dealkylation sites (N-methyl/N-ethyl adjacent to an activating group) is 1. The van der Waals surface area contributed by atoms with Crippen molar-refractivity contribution in [1.29, 1.82) is 0 Å². The molecule has 134 valence electrons. The summed E-state index contributed by atoms with van der Waals surface area (Å²) in [6, 6.07) is 4.49. The maximum absolute atomic E-state index is 12.2. The molecule has 1 aromatic carbocycles. The SMILES string of the molecule is Cc1cc2ncn(CC(NC(=O)/C=C/CN(C)C)C3CC3)c2cc1C. The number of carbonyl (C=O) groups excluding carboxylic acids is 1. The normalized spacial score (nSPS) is 16.0. The van der Waals surface area contributed by atoms with Gasteiger partial charge < -0.3 is 14.8 Å². The Balaban J connectivity index is 1.71. The molecule has 1 aliphatic carbocycles. The topological polar surface area (TPSA) is 50.2 Å². The van der Waals surface area contributed by atoms with Crippen LogP contribution in [0.25, 0.3) is 11.0 Å². The molecular formula is C20H28N4O. The fourth-order valence-corrected chi connectivity index (χ4v) is 3.08. The number of aryl methyl sites for hydroxylation is 2. The lowest BCUT2D eigenvalue weighted by Gasteiger charge is -2.18. The molecule has 3 rings (SSSR count). The highest BCUT2D eigenvalue weighted by atomic mass is 16.1. The van der Waals surface area contributed by atoms with Crippen LogP contribution in [0.4, 0.5) is 0 Å². The summed E-state index contributed by atoms with van der Waals surface area (Å²) >= 11 is 0. The molecular weight excluding hydrogens is 312 g/mol. The number of hydrogen-bond acceptors (Lipinski definition) is 3. The van der Waals surface area contributed by atoms with E-state index in [1.807, 2.05) is 31.4 Å². The third-order valence-corrected chi connectivity index (χ3v) is 4.89. The van der Waals surface area contributed by atoms with Crippen molar-refractivity contribution >= 4 is 16.9 Å². The monoisotopic (exact) mass is 340 g/mol. The second-order valence-corrected chi connectivity index (χ2v) is 7.44. The first-order valence-corrected chi connectivity index (χ1v) is 8.98. The van der Waals surface area contributed by atoms with Crippen LogP contribution in [0.5, 0.6) is 0 Å². The fraction of sp³-hybridized carbons (Fsp3) is 0.500. The quantitative estimate of drug-likeness (QED) is 0.789. The van der Waals surface area contributed by atoms with Gasteiger partial charge in [0.15, 0.2) is 0 Å². The van der Waals surface area contributed by atoms with E-state index in [4.69, 9.17) is 0 Å². The molecule has 0 saturated heterocycles. The molecule has 0 radical (unpaired) electrons. The van der Waals surface area contributed by atoms with Crippen molar-refractivity contribution in [3.8, 4) is 0 Å². The number of carbonyl (C=O) groups is 1. The van der Waals surface area contributed by atoms with Crippen LogP contribution in [-0.4, -0.2) is 47.0 Å². The molecule has 2 aromatic rings. The smallest absolute Gasteiger partial charge is 0.243 e. The lowest BCUT2D eigenvalue weighted by atomic mass is 10.1. The van der Waals surface area contributed by atoms with Gasteiger partial charge in [-0.3, -0.25) is 4.79 Å². The van der Waals surface area contributed by atoms with Crippen LogP contribution in [0.3, 0.4) is 0 Å². The van der Waals surface area contributed by atoms with Gasteiger partial charge in [0, 0.05) is 25.2 Å². The van der Waals surface area contributed by atoms with Crippen molar-refractivity contribution in [2.75, 3.05) is 20.6 Å². The van der Waals surface area contributed by atoms with Gasteiger partial charge >= 0.3 is 0 Å². The molecule has 5 heteroatoms. The molecule has 1 fully saturated rings. The molecule has 1 aromatic heterocycles. The largest absolute Gasteiger partial charge is 0.348 e. The van der Waals surface area contributed by atoms with E-state index < -0.39 is 0 Å². The van der Waals surface area contributed by atoms with Crippen molar-refractivity contribution in [3.05, 3.63) is 41.7 Å². The number of aromatic nitrogens is 2. The Morgan fingerprint density at radius 1 is 1.36 bits per heavy atom. The number of amides is 1. The minimum atomic E-state index is -0.00445. The zero-order chi connectivity index (χ0) is 18.0. The maximum atomic E-state index is 12.2. The number of imidazole rings is 1. The standard InChI is InChI=1S/C20H28N4O/c1-14-10-17-19(11-15(14)2)24(13-21-17)12-18(16-7-8-16)22-20(25)6-5-9-23(3)4/h5-6,10-11,13,16,18H,7-9,12H2,1-4H3,(H,22,25)/b6-5+. The Kier molecular flexibility index (Phi) is 5.23. The minimum absolute atomic E-state index is 0.00445. The molecule has 1 atom stereocenters. The Labute approximate surface area is 149 Å². The van der Waals surface area contributed by atoms with Crippen LogP contribution < -0.4 is 5.32 Å². The summed E-state index contributed by atoms with van der Waals surface area (Å²) in [5.41, 5.74) is 4.70. The van der Waals surface area contributed by atoms with E-state index in [1.165, 1.54) is 24.0 Å². The van der Waals surface area contributed by atoms with E-state index in [-0.39, 0.29) is 11.9 Å². The summed E-state index contributed by atoms with van der Waals surface area (Å²) in [4.78, 5) is 18.8. The molecule has 1 unspecified atom stereocenters. The summed E-state index contributed by atoms with van der Waals surface area (Å²) in [5.74, 6) is 0.574. The van der Waals surface area contributed by atoms with Gasteiger partial charge in [0.25, 0.3) is 0 Å².